The first-order valence-electron chi connectivity index (χ1n) is 4.74. The van der Waals surface area contributed by atoms with E-state index in [4.69, 9.17) is 4.55 Å². The van der Waals surface area contributed by atoms with Gasteiger partial charge in [-0.25, -0.2) is 4.79 Å². The van der Waals surface area contributed by atoms with Gasteiger partial charge >= 0.3 is 35.5 Å². The van der Waals surface area contributed by atoms with Crippen molar-refractivity contribution in [1.82, 2.24) is 0 Å². The first-order chi connectivity index (χ1) is 8.31. The summed E-state index contributed by atoms with van der Waals surface area (Å²) >= 11 is 0. The van der Waals surface area contributed by atoms with Crippen molar-refractivity contribution in [2.45, 2.75) is 0 Å². The molecule has 0 bridgehead atoms. The molecule has 0 aromatic heterocycles. The number of carboxylic acids is 1. The van der Waals surface area contributed by atoms with Crippen molar-refractivity contribution >= 4 is 22.1 Å². The third-order valence-corrected chi connectivity index (χ3v) is 2.62. The molecule has 0 aliphatic heterocycles. The number of carbonyl (C=O) groups excluding carboxylic acids is 2. The SMILES string of the molecule is O=C([O-])c1ccccc1C(=O)OCCS(=O)(=O)O.[Na+]. The Morgan fingerprint density at radius 3 is 2.21 bits per heavy atom. The minimum atomic E-state index is -4.23. The fourth-order valence-corrected chi connectivity index (χ4v) is 1.45. The van der Waals surface area contributed by atoms with Gasteiger partial charge in [-0.1, -0.05) is 18.2 Å². The maximum absolute atomic E-state index is 11.5. The third kappa shape index (κ3) is 6.17. The van der Waals surface area contributed by atoms with Crippen LogP contribution in [0.5, 0.6) is 0 Å². The number of hydrogen-bond donors (Lipinski definition) is 1. The molecule has 0 amide bonds. The number of carboxylic acid groups (broad SMARTS) is 1. The maximum Gasteiger partial charge on any atom is 1.00 e. The molecule has 0 radical (unpaired) electrons. The molecule has 1 rings (SSSR count). The van der Waals surface area contributed by atoms with Crippen molar-refractivity contribution in [3.63, 3.8) is 0 Å². The van der Waals surface area contributed by atoms with Gasteiger partial charge in [-0.05, 0) is 6.07 Å². The molecule has 0 aliphatic carbocycles. The summed E-state index contributed by atoms with van der Waals surface area (Å²) in [6, 6.07) is 5.20. The molecule has 1 N–H and O–H groups in total. The van der Waals surface area contributed by atoms with Crippen molar-refractivity contribution in [2.24, 2.45) is 0 Å². The minimum absolute atomic E-state index is 0. The Kier molecular flexibility index (Phi) is 7.24. The van der Waals surface area contributed by atoms with E-state index in [1.807, 2.05) is 0 Å². The van der Waals surface area contributed by atoms with Gasteiger partial charge in [0.25, 0.3) is 10.1 Å². The summed E-state index contributed by atoms with van der Waals surface area (Å²) in [5, 5.41) is 10.7. The predicted octanol–water partition coefficient (Wildman–Crippen LogP) is -3.90. The molecule has 1 aromatic carbocycles. The summed E-state index contributed by atoms with van der Waals surface area (Å²) in [5.41, 5.74) is -0.595. The second kappa shape index (κ2) is 7.61. The maximum atomic E-state index is 11.5. The molecule has 98 valence electrons. The summed E-state index contributed by atoms with van der Waals surface area (Å²) in [5.74, 6) is -3.30. The van der Waals surface area contributed by atoms with Gasteiger partial charge in [0.1, 0.15) is 12.4 Å². The first kappa shape index (κ1) is 18.1. The molecule has 0 saturated heterocycles. The Balaban J connectivity index is 0.00000324. The Hall–Kier alpha value is -0.930. The molecular formula is C10H9NaO7S. The van der Waals surface area contributed by atoms with Crippen LogP contribution in [0.3, 0.4) is 0 Å². The molecule has 1 aromatic rings. The van der Waals surface area contributed by atoms with Gasteiger partial charge in [-0.15, -0.1) is 0 Å². The van der Waals surface area contributed by atoms with E-state index >= 15 is 0 Å². The van der Waals surface area contributed by atoms with Crippen molar-refractivity contribution in [2.75, 3.05) is 12.4 Å². The van der Waals surface area contributed by atoms with E-state index in [1.54, 1.807) is 0 Å². The number of carbonyl (C=O) groups is 2. The molecule has 0 saturated carbocycles. The molecule has 0 unspecified atom stereocenters. The van der Waals surface area contributed by atoms with Crippen molar-refractivity contribution in [1.29, 1.82) is 0 Å². The van der Waals surface area contributed by atoms with E-state index in [1.165, 1.54) is 18.2 Å². The Morgan fingerprint density at radius 1 is 1.21 bits per heavy atom. The summed E-state index contributed by atoms with van der Waals surface area (Å²) < 4.78 is 33.7. The number of benzene rings is 1. The van der Waals surface area contributed by atoms with Gasteiger partial charge in [0, 0.05) is 5.56 Å². The van der Waals surface area contributed by atoms with Crippen LogP contribution in [-0.2, 0) is 14.9 Å². The molecular weight excluding hydrogens is 287 g/mol. The smallest absolute Gasteiger partial charge is 0.545 e. The summed E-state index contributed by atoms with van der Waals surface area (Å²) in [6.07, 6.45) is 0. The van der Waals surface area contributed by atoms with Crippen LogP contribution in [0.25, 0.3) is 0 Å². The standard InChI is InChI=1S/C10H10O7S.Na/c11-9(12)7-3-1-2-4-8(7)10(13)17-5-6-18(14,15)16;/h1-4H,5-6H2,(H,11,12)(H,14,15,16);/q;+1/p-1. The molecule has 0 fully saturated rings. The van der Waals surface area contributed by atoms with Crippen LogP contribution in [0.1, 0.15) is 20.7 Å². The quantitative estimate of drug-likeness (QED) is 0.335. The number of hydrogen-bond acceptors (Lipinski definition) is 6. The van der Waals surface area contributed by atoms with E-state index in [0.29, 0.717) is 0 Å². The average Bonchev–Trinajstić information content (AvgIpc) is 2.27. The zero-order valence-corrected chi connectivity index (χ0v) is 12.8. The molecule has 7 nitrogen and oxygen atoms in total. The molecule has 0 aliphatic rings. The molecule has 0 heterocycles. The van der Waals surface area contributed by atoms with E-state index in [-0.39, 0.29) is 40.7 Å². The molecule has 19 heavy (non-hydrogen) atoms. The third-order valence-electron chi connectivity index (χ3n) is 1.94. The fraction of sp³-hybridized carbons (Fsp3) is 0.200. The average molecular weight is 296 g/mol. The van der Waals surface area contributed by atoms with E-state index < -0.39 is 34.4 Å². The number of esters is 1. The van der Waals surface area contributed by atoms with E-state index in [0.717, 1.165) is 6.07 Å². The molecule has 0 spiro atoms. The largest absolute Gasteiger partial charge is 1.00 e. The number of ether oxygens (including phenoxy) is 1. The summed E-state index contributed by atoms with van der Waals surface area (Å²) in [4.78, 5) is 22.2. The van der Waals surface area contributed by atoms with Crippen molar-refractivity contribution in [3.8, 4) is 0 Å². The fourth-order valence-electron chi connectivity index (χ4n) is 1.16. The summed E-state index contributed by atoms with van der Waals surface area (Å²) in [6.45, 7) is -0.570. The van der Waals surface area contributed by atoms with Crippen LogP contribution >= 0.6 is 0 Å². The van der Waals surface area contributed by atoms with Crippen LogP contribution < -0.4 is 34.7 Å². The number of aromatic carboxylic acids is 1. The predicted molar refractivity (Wildman–Crippen MR) is 57.5 cm³/mol. The topological polar surface area (TPSA) is 121 Å². The monoisotopic (exact) mass is 296 g/mol. The second-order valence-electron chi connectivity index (χ2n) is 3.25. The Bertz CT molecular complexity index is 567. The van der Waals surface area contributed by atoms with Crippen molar-refractivity contribution in [3.05, 3.63) is 35.4 Å². The zero-order chi connectivity index (χ0) is 13.8. The zero-order valence-electron chi connectivity index (χ0n) is 10.0. The van der Waals surface area contributed by atoms with Gasteiger partial charge in [0.05, 0.1) is 11.5 Å². The molecule has 0 atom stereocenters. The van der Waals surface area contributed by atoms with Crippen LogP contribution in [0.15, 0.2) is 24.3 Å². The van der Waals surface area contributed by atoms with Crippen molar-refractivity contribution < 1.29 is 62.0 Å². The van der Waals surface area contributed by atoms with Crippen LogP contribution in [0.4, 0.5) is 0 Å². The van der Waals surface area contributed by atoms with Gasteiger partial charge in [-0.2, -0.15) is 8.42 Å². The minimum Gasteiger partial charge on any atom is -0.545 e. The van der Waals surface area contributed by atoms with E-state index in [2.05, 4.69) is 4.74 Å². The van der Waals surface area contributed by atoms with Gasteiger partial charge in [0.2, 0.25) is 0 Å². The van der Waals surface area contributed by atoms with Crippen LogP contribution in [0, 0.1) is 0 Å². The van der Waals surface area contributed by atoms with Gasteiger partial charge in [0.15, 0.2) is 0 Å². The van der Waals surface area contributed by atoms with E-state index in [9.17, 15) is 23.1 Å². The first-order valence-corrected chi connectivity index (χ1v) is 6.35. The normalized spacial score (nSPS) is 10.4. The second-order valence-corrected chi connectivity index (χ2v) is 4.83. The van der Waals surface area contributed by atoms with Gasteiger partial charge < -0.3 is 14.6 Å². The van der Waals surface area contributed by atoms with Crippen LogP contribution in [0.2, 0.25) is 0 Å². The Morgan fingerprint density at radius 2 is 1.74 bits per heavy atom. The van der Waals surface area contributed by atoms with Gasteiger partial charge in [-0.3, -0.25) is 4.55 Å². The summed E-state index contributed by atoms with van der Waals surface area (Å²) in [7, 11) is -4.23. The number of rotatable bonds is 5. The van der Waals surface area contributed by atoms with Crippen LogP contribution in [-0.4, -0.2) is 37.3 Å². The Labute approximate surface area is 131 Å². The molecule has 9 heteroatoms.